The van der Waals surface area contributed by atoms with Gasteiger partial charge in [-0.1, -0.05) is 0 Å². The maximum absolute atomic E-state index is 5.65. The molecule has 0 bridgehead atoms. The summed E-state index contributed by atoms with van der Waals surface area (Å²) in [4.78, 5) is 2.15. The standard InChI is InChI=1S/C8H14N2OS/c9-7(12)10-4-1-2-8(10)3-5-11-6-8/h1-6H2,(H2,9,12). The minimum atomic E-state index is 0.172. The van der Waals surface area contributed by atoms with Crippen molar-refractivity contribution in [2.75, 3.05) is 19.8 Å². The van der Waals surface area contributed by atoms with Gasteiger partial charge in [-0.3, -0.25) is 0 Å². The Kier molecular flexibility index (Phi) is 1.96. The lowest BCUT2D eigenvalue weighted by atomic mass is 9.96. The second-order valence-electron chi connectivity index (χ2n) is 3.62. The molecule has 1 atom stereocenters. The Bertz CT molecular complexity index is 196. The van der Waals surface area contributed by atoms with E-state index in [1.165, 1.54) is 12.8 Å². The molecule has 2 aliphatic heterocycles. The van der Waals surface area contributed by atoms with Crippen LogP contribution in [0.2, 0.25) is 0 Å². The second-order valence-corrected chi connectivity index (χ2v) is 4.04. The van der Waals surface area contributed by atoms with Gasteiger partial charge in [-0.15, -0.1) is 0 Å². The van der Waals surface area contributed by atoms with Gasteiger partial charge in [0.1, 0.15) is 0 Å². The van der Waals surface area contributed by atoms with Crippen molar-refractivity contribution in [3.05, 3.63) is 0 Å². The lowest BCUT2D eigenvalue weighted by Crippen LogP contribution is -2.49. The molecule has 68 valence electrons. The highest BCUT2D eigenvalue weighted by molar-refractivity contribution is 7.80. The molecule has 2 rings (SSSR count). The van der Waals surface area contributed by atoms with Crippen LogP contribution >= 0.6 is 12.2 Å². The van der Waals surface area contributed by atoms with Gasteiger partial charge in [0.05, 0.1) is 12.1 Å². The van der Waals surface area contributed by atoms with Crippen molar-refractivity contribution in [1.29, 1.82) is 0 Å². The van der Waals surface area contributed by atoms with Crippen molar-refractivity contribution in [2.24, 2.45) is 5.73 Å². The van der Waals surface area contributed by atoms with Crippen molar-refractivity contribution in [3.63, 3.8) is 0 Å². The van der Waals surface area contributed by atoms with Gasteiger partial charge < -0.3 is 15.4 Å². The first-order valence-electron chi connectivity index (χ1n) is 4.39. The largest absolute Gasteiger partial charge is 0.379 e. The Morgan fingerprint density at radius 3 is 2.92 bits per heavy atom. The summed E-state index contributed by atoms with van der Waals surface area (Å²) in [5.41, 5.74) is 5.83. The first-order valence-corrected chi connectivity index (χ1v) is 4.80. The molecule has 0 aromatic rings. The Morgan fingerprint density at radius 2 is 2.33 bits per heavy atom. The van der Waals surface area contributed by atoms with E-state index in [1.807, 2.05) is 0 Å². The van der Waals surface area contributed by atoms with Crippen molar-refractivity contribution >= 4 is 17.3 Å². The highest BCUT2D eigenvalue weighted by atomic mass is 32.1. The predicted molar refractivity (Wildman–Crippen MR) is 50.9 cm³/mol. The highest BCUT2D eigenvalue weighted by Gasteiger charge is 2.44. The summed E-state index contributed by atoms with van der Waals surface area (Å²) >= 11 is 5.01. The van der Waals surface area contributed by atoms with Gasteiger partial charge in [0.15, 0.2) is 5.11 Å². The van der Waals surface area contributed by atoms with E-state index in [9.17, 15) is 0 Å². The molecule has 1 unspecified atom stereocenters. The zero-order chi connectivity index (χ0) is 8.60. The molecule has 3 nitrogen and oxygen atoms in total. The molecule has 2 saturated heterocycles. The van der Waals surface area contributed by atoms with Gasteiger partial charge in [0.25, 0.3) is 0 Å². The maximum atomic E-state index is 5.65. The monoisotopic (exact) mass is 186 g/mol. The summed E-state index contributed by atoms with van der Waals surface area (Å²) in [6.07, 6.45) is 3.47. The fraction of sp³-hybridized carbons (Fsp3) is 0.875. The third-order valence-electron chi connectivity index (χ3n) is 2.94. The molecule has 0 radical (unpaired) electrons. The third-order valence-corrected chi connectivity index (χ3v) is 3.17. The van der Waals surface area contributed by atoms with E-state index in [0.29, 0.717) is 5.11 Å². The molecule has 0 aliphatic carbocycles. The summed E-state index contributed by atoms with van der Waals surface area (Å²) in [5.74, 6) is 0. The molecular formula is C8H14N2OS. The van der Waals surface area contributed by atoms with Crippen LogP contribution in [0.3, 0.4) is 0 Å². The summed E-state index contributed by atoms with van der Waals surface area (Å²) in [7, 11) is 0. The first kappa shape index (κ1) is 8.26. The number of nitrogens with zero attached hydrogens (tertiary/aromatic N) is 1. The number of hydrogen-bond acceptors (Lipinski definition) is 2. The molecule has 4 heteroatoms. The zero-order valence-electron chi connectivity index (χ0n) is 7.08. The zero-order valence-corrected chi connectivity index (χ0v) is 7.90. The van der Waals surface area contributed by atoms with Crippen LogP contribution in [0, 0.1) is 0 Å². The Morgan fingerprint density at radius 1 is 1.50 bits per heavy atom. The van der Waals surface area contributed by atoms with E-state index in [4.69, 9.17) is 22.7 Å². The quantitative estimate of drug-likeness (QED) is 0.559. The topological polar surface area (TPSA) is 38.5 Å². The lowest BCUT2D eigenvalue weighted by Gasteiger charge is -2.33. The first-order chi connectivity index (χ1) is 5.75. The van der Waals surface area contributed by atoms with Crippen LogP contribution in [-0.2, 0) is 4.74 Å². The molecular weight excluding hydrogens is 172 g/mol. The van der Waals surface area contributed by atoms with Crippen LogP contribution in [0.15, 0.2) is 0 Å². The summed E-state index contributed by atoms with van der Waals surface area (Å²) in [5, 5.41) is 0.540. The minimum Gasteiger partial charge on any atom is -0.379 e. The normalized spacial score (nSPS) is 34.8. The second kappa shape index (κ2) is 2.85. The lowest BCUT2D eigenvalue weighted by molar-refractivity contribution is 0.143. The van der Waals surface area contributed by atoms with Crippen molar-refractivity contribution in [1.82, 2.24) is 4.90 Å². The van der Waals surface area contributed by atoms with Gasteiger partial charge in [-0.25, -0.2) is 0 Å². The van der Waals surface area contributed by atoms with Gasteiger partial charge in [-0.05, 0) is 31.5 Å². The molecule has 2 fully saturated rings. The molecule has 2 aliphatic rings. The molecule has 0 aromatic heterocycles. The summed E-state index contributed by atoms with van der Waals surface area (Å²) in [6, 6.07) is 0. The van der Waals surface area contributed by atoms with Gasteiger partial charge >= 0.3 is 0 Å². The number of nitrogens with two attached hydrogens (primary N) is 1. The van der Waals surface area contributed by atoms with E-state index in [-0.39, 0.29) is 5.54 Å². The molecule has 0 amide bonds. The van der Waals surface area contributed by atoms with E-state index in [1.54, 1.807) is 0 Å². The third kappa shape index (κ3) is 1.10. The SMILES string of the molecule is NC(=S)N1CCCC12CCOC2. The molecule has 0 saturated carbocycles. The molecule has 12 heavy (non-hydrogen) atoms. The maximum Gasteiger partial charge on any atom is 0.166 e. The highest BCUT2D eigenvalue weighted by Crippen LogP contribution is 2.35. The number of ether oxygens (including phenoxy) is 1. The predicted octanol–water partition coefficient (Wildman–Crippen LogP) is 0.485. The van der Waals surface area contributed by atoms with Crippen LogP contribution in [0.25, 0.3) is 0 Å². The molecule has 2 heterocycles. The summed E-state index contributed by atoms with van der Waals surface area (Å²) < 4.78 is 5.41. The molecule has 0 aromatic carbocycles. The fourth-order valence-corrected chi connectivity index (χ4v) is 2.57. The fourth-order valence-electron chi connectivity index (χ4n) is 2.29. The van der Waals surface area contributed by atoms with E-state index < -0.39 is 0 Å². The smallest absolute Gasteiger partial charge is 0.166 e. The van der Waals surface area contributed by atoms with Crippen molar-refractivity contribution in [3.8, 4) is 0 Å². The number of hydrogen-bond donors (Lipinski definition) is 1. The average Bonchev–Trinajstić information content (AvgIpc) is 2.61. The van der Waals surface area contributed by atoms with Crippen LogP contribution in [0.4, 0.5) is 0 Å². The van der Waals surface area contributed by atoms with Gasteiger partial charge in [-0.2, -0.15) is 0 Å². The van der Waals surface area contributed by atoms with Crippen LogP contribution in [0.1, 0.15) is 19.3 Å². The summed E-state index contributed by atoms with van der Waals surface area (Å²) in [6.45, 7) is 2.68. The van der Waals surface area contributed by atoms with E-state index in [0.717, 1.165) is 26.2 Å². The minimum absolute atomic E-state index is 0.172. The molecule has 2 N–H and O–H groups in total. The Balaban J connectivity index is 2.17. The number of likely N-dealkylation sites (tertiary alicyclic amines) is 1. The Hall–Kier alpha value is -0.350. The van der Waals surface area contributed by atoms with Crippen LogP contribution in [0.5, 0.6) is 0 Å². The Labute approximate surface area is 77.9 Å². The number of thiocarbonyl (C=S) groups is 1. The molecule has 1 spiro atoms. The van der Waals surface area contributed by atoms with E-state index >= 15 is 0 Å². The van der Waals surface area contributed by atoms with Crippen molar-refractivity contribution in [2.45, 2.75) is 24.8 Å². The van der Waals surface area contributed by atoms with E-state index in [2.05, 4.69) is 4.90 Å². The van der Waals surface area contributed by atoms with Crippen LogP contribution < -0.4 is 5.73 Å². The van der Waals surface area contributed by atoms with Crippen molar-refractivity contribution < 1.29 is 4.74 Å². The number of rotatable bonds is 0. The van der Waals surface area contributed by atoms with Crippen LogP contribution in [-0.4, -0.2) is 35.3 Å². The average molecular weight is 186 g/mol. The van der Waals surface area contributed by atoms with Gasteiger partial charge in [0.2, 0.25) is 0 Å². The van der Waals surface area contributed by atoms with Gasteiger partial charge in [0, 0.05) is 13.2 Å².